The van der Waals surface area contributed by atoms with Crippen molar-refractivity contribution in [3.8, 4) is 45.7 Å². The molecule has 5 aromatic carbocycles. The number of rotatable bonds is 4. The maximum atomic E-state index is 6.05. The second kappa shape index (κ2) is 10.2. The van der Waals surface area contributed by atoms with Crippen LogP contribution in [0.5, 0.6) is 0 Å². The number of para-hydroxylation sites is 2. The molecule has 0 unspecified atom stereocenters. The minimum Gasteiger partial charge on any atom is -0.461 e. The Bertz CT molecular complexity index is 2330. The Morgan fingerprint density at radius 2 is 0.875 bits per heavy atom. The largest absolute Gasteiger partial charge is 0.461 e. The molecule has 0 fully saturated rings. The molecule has 226 valence electrons. The fraction of sp³-hybridized carbons (Fsp3) is 0.0238. The van der Waals surface area contributed by atoms with Crippen LogP contribution in [0.4, 0.5) is 17.1 Å². The van der Waals surface area contributed by atoms with Gasteiger partial charge in [-0.1, -0.05) is 109 Å². The fourth-order valence-electron chi connectivity index (χ4n) is 7.53. The molecule has 0 amide bonds. The van der Waals surface area contributed by atoms with E-state index in [0.717, 1.165) is 67.5 Å². The Kier molecular flexibility index (Phi) is 5.69. The fourth-order valence-corrected chi connectivity index (χ4v) is 7.53. The lowest BCUT2D eigenvalue weighted by atomic mass is 9.65. The SMILES string of the molecule is c1ccc(-c2nc(-c3ccccc3)nc(-c3cccc(N4c5ccccc5C5(c6ccccc64)c4ccoc4-c4occc45)c3)n2)cc1. The maximum Gasteiger partial charge on any atom is 0.174 e. The summed E-state index contributed by atoms with van der Waals surface area (Å²) >= 11 is 0. The van der Waals surface area contributed by atoms with E-state index in [2.05, 4.69) is 89.8 Å². The summed E-state index contributed by atoms with van der Waals surface area (Å²) in [5.74, 6) is 3.45. The Hall–Kier alpha value is -6.53. The predicted molar refractivity (Wildman–Crippen MR) is 186 cm³/mol. The number of hydrogen-bond acceptors (Lipinski definition) is 6. The van der Waals surface area contributed by atoms with Crippen LogP contribution in [0, 0.1) is 0 Å². The van der Waals surface area contributed by atoms with E-state index in [-0.39, 0.29) is 0 Å². The molecular formula is C42H26N4O2. The second-order valence-corrected chi connectivity index (χ2v) is 12.0. The minimum absolute atomic E-state index is 0.574. The van der Waals surface area contributed by atoms with Crippen molar-refractivity contribution in [1.29, 1.82) is 0 Å². The summed E-state index contributed by atoms with van der Waals surface area (Å²) in [6.07, 6.45) is 3.53. The lowest BCUT2D eigenvalue weighted by Crippen LogP contribution is -2.35. The molecular weight excluding hydrogens is 592 g/mol. The zero-order chi connectivity index (χ0) is 31.7. The zero-order valence-electron chi connectivity index (χ0n) is 25.6. The lowest BCUT2D eigenvalue weighted by Gasteiger charge is -2.44. The van der Waals surface area contributed by atoms with Gasteiger partial charge in [0.2, 0.25) is 0 Å². The summed E-state index contributed by atoms with van der Waals surface area (Å²) in [6.45, 7) is 0. The van der Waals surface area contributed by atoms with Crippen LogP contribution in [-0.4, -0.2) is 15.0 Å². The molecule has 3 aromatic heterocycles. The molecule has 0 bridgehead atoms. The molecule has 1 aliphatic heterocycles. The van der Waals surface area contributed by atoms with Crippen LogP contribution in [0.1, 0.15) is 22.3 Å². The molecule has 0 saturated carbocycles. The summed E-state index contributed by atoms with van der Waals surface area (Å²) in [6, 6.07) is 50.0. The van der Waals surface area contributed by atoms with E-state index in [1.165, 1.54) is 0 Å². The predicted octanol–water partition coefficient (Wildman–Crippen LogP) is 10.2. The normalized spacial score (nSPS) is 13.5. The Morgan fingerprint density at radius 3 is 1.42 bits per heavy atom. The van der Waals surface area contributed by atoms with Crippen LogP contribution in [0.3, 0.4) is 0 Å². The second-order valence-electron chi connectivity index (χ2n) is 12.0. The molecule has 10 rings (SSSR count). The van der Waals surface area contributed by atoms with E-state index in [9.17, 15) is 0 Å². The third-order valence-corrected chi connectivity index (χ3v) is 9.50. The van der Waals surface area contributed by atoms with Crippen LogP contribution >= 0.6 is 0 Å². The van der Waals surface area contributed by atoms with Crippen molar-refractivity contribution in [1.82, 2.24) is 15.0 Å². The highest BCUT2D eigenvalue weighted by molar-refractivity contribution is 5.94. The molecule has 4 heterocycles. The molecule has 6 nitrogen and oxygen atoms in total. The van der Waals surface area contributed by atoms with Gasteiger partial charge in [-0.15, -0.1) is 0 Å². The van der Waals surface area contributed by atoms with Gasteiger partial charge in [-0.25, -0.2) is 15.0 Å². The van der Waals surface area contributed by atoms with Crippen LogP contribution < -0.4 is 4.90 Å². The molecule has 1 spiro atoms. The molecule has 2 aliphatic rings. The highest BCUT2D eigenvalue weighted by Gasteiger charge is 2.54. The molecule has 6 heteroatoms. The average Bonchev–Trinajstić information content (AvgIpc) is 3.90. The molecule has 48 heavy (non-hydrogen) atoms. The van der Waals surface area contributed by atoms with Gasteiger partial charge in [0.1, 0.15) is 0 Å². The highest BCUT2D eigenvalue weighted by atomic mass is 16.4. The highest BCUT2D eigenvalue weighted by Crippen LogP contribution is 2.63. The van der Waals surface area contributed by atoms with Gasteiger partial charge < -0.3 is 13.7 Å². The smallest absolute Gasteiger partial charge is 0.174 e. The Labute approximate surface area is 276 Å². The van der Waals surface area contributed by atoms with Gasteiger partial charge >= 0.3 is 0 Å². The number of aromatic nitrogens is 3. The third-order valence-electron chi connectivity index (χ3n) is 9.50. The van der Waals surface area contributed by atoms with Gasteiger partial charge in [0.25, 0.3) is 0 Å². The zero-order valence-corrected chi connectivity index (χ0v) is 25.6. The van der Waals surface area contributed by atoms with Crippen molar-refractivity contribution >= 4 is 17.1 Å². The number of hydrogen-bond donors (Lipinski definition) is 0. The van der Waals surface area contributed by atoms with Crippen molar-refractivity contribution in [2.75, 3.05) is 4.90 Å². The van der Waals surface area contributed by atoms with E-state index in [1.807, 2.05) is 60.7 Å². The van der Waals surface area contributed by atoms with E-state index in [4.69, 9.17) is 23.8 Å². The minimum atomic E-state index is -0.574. The first-order chi connectivity index (χ1) is 23.8. The number of nitrogens with zero attached hydrogens (tertiary/aromatic N) is 4. The van der Waals surface area contributed by atoms with Crippen molar-refractivity contribution < 1.29 is 8.83 Å². The number of benzene rings is 5. The van der Waals surface area contributed by atoms with Gasteiger partial charge in [-0.3, -0.25) is 0 Å². The van der Waals surface area contributed by atoms with Gasteiger partial charge in [0.15, 0.2) is 29.0 Å². The standard InChI is InChI=1S/C42H26N4O2/c1-3-12-27(13-4-1)39-43-40(28-14-5-2-6-15-28)45-41(44-39)29-16-11-17-30(26-29)46-35-20-9-7-18-31(35)42(32-19-8-10-21-36(32)46)33-22-24-47-37(33)38-34(42)23-25-48-38/h1-26H. The molecule has 1 aliphatic carbocycles. The molecule has 0 atom stereocenters. The summed E-state index contributed by atoms with van der Waals surface area (Å²) in [7, 11) is 0. The van der Waals surface area contributed by atoms with Crippen LogP contribution in [0.2, 0.25) is 0 Å². The lowest BCUT2D eigenvalue weighted by molar-refractivity contribution is 0.525. The van der Waals surface area contributed by atoms with Gasteiger partial charge in [-0.2, -0.15) is 0 Å². The first kappa shape index (κ1) is 26.7. The first-order valence-corrected chi connectivity index (χ1v) is 15.9. The summed E-state index contributed by atoms with van der Waals surface area (Å²) in [4.78, 5) is 17.3. The van der Waals surface area contributed by atoms with Crippen molar-refractivity contribution in [2.24, 2.45) is 0 Å². The van der Waals surface area contributed by atoms with Gasteiger partial charge in [-0.05, 0) is 47.5 Å². The monoisotopic (exact) mass is 618 g/mol. The summed E-state index contributed by atoms with van der Waals surface area (Å²) < 4.78 is 12.1. The van der Waals surface area contributed by atoms with Gasteiger partial charge in [0.05, 0.1) is 29.3 Å². The molecule has 0 radical (unpaired) electrons. The third kappa shape index (κ3) is 3.71. The topological polar surface area (TPSA) is 68.2 Å². The van der Waals surface area contributed by atoms with Crippen LogP contribution in [-0.2, 0) is 5.41 Å². The molecule has 0 saturated heterocycles. The van der Waals surface area contributed by atoms with Crippen LogP contribution in [0.25, 0.3) is 45.7 Å². The first-order valence-electron chi connectivity index (χ1n) is 15.9. The van der Waals surface area contributed by atoms with Crippen LogP contribution in [0.15, 0.2) is 167 Å². The van der Waals surface area contributed by atoms with E-state index in [0.29, 0.717) is 17.5 Å². The van der Waals surface area contributed by atoms with E-state index in [1.54, 1.807) is 12.5 Å². The number of anilines is 3. The quantitative estimate of drug-likeness (QED) is 0.196. The number of fused-ring (bicyclic) bond motifs is 9. The van der Waals surface area contributed by atoms with Crippen molar-refractivity contribution in [2.45, 2.75) is 5.41 Å². The van der Waals surface area contributed by atoms with E-state index < -0.39 is 5.41 Å². The average molecular weight is 619 g/mol. The van der Waals surface area contributed by atoms with Gasteiger partial charge in [0, 0.05) is 33.5 Å². The maximum absolute atomic E-state index is 6.05. The molecule has 0 N–H and O–H groups in total. The Balaban J connectivity index is 1.18. The van der Waals surface area contributed by atoms with Crippen molar-refractivity contribution in [3.05, 3.63) is 180 Å². The molecule has 8 aromatic rings. The van der Waals surface area contributed by atoms with E-state index >= 15 is 0 Å². The number of furan rings is 2. The van der Waals surface area contributed by atoms with Crippen molar-refractivity contribution in [3.63, 3.8) is 0 Å². The summed E-state index contributed by atoms with van der Waals surface area (Å²) in [5, 5.41) is 0. The summed E-state index contributed by atoms with van der Waals surface area (Å²) in [5.41, 5.74) is 9.88. The Morgan fingerprint density at radius 1 is 0.417 bits per heavy atom.